The Kier molecular flexibility index (Phi) is 7.15. The highest BCUT2D eigenvalue weighted by Gasteiger charge is 2.36. The molecule has 2 atom stereocenters. The Labute approximate surface area is 206 Å². The van der Waals surface area contributed by atoms with Crippen LogP contribution in [0, 0.1) is 5.41 Å². The molecule has 0 radical (unpaired) electrons. The molecule has 0 aromatic heterocycles. The number of aliphatic carboxylic acids is 1. The van der Waals surface area contributed by atoms with Gasteiger partial charge in [-0.15, -0.1) is 0 Å². The van der Waals surface area contributed by atoms with Crippen LogP contribution >= 0.6 is 0 Å². The average Bonchev–Trinajstić information content (AvgIpc) is 3.38. The van der Waals surface area contributed by atoms with Crippen LogP contribution < -0.4 is 5.32 Å². The van der Waals surface area contributed by atoms with Gasteiger partial charge in [-0.2, -0.15) is 0 Å². The van der Waals surface area contributed by atoms with E-state index in [1.807, 2.05) is 45.0 Å². The number of alkyl carbamates (subject to hydrolysis) is 1. The number of nitrogens with one attached hydrogen (secondary N) is 1. The lowest BCUT2D eigenvalue weighted by atomic mass is 9.84. The number of ether oxygens (including phenoxy) is 1. The van der Waals surface area contributed by atoms with Crippen molar-refractivity contribution >= 4 is 18.0 Å². The second-order valence-electron chi connectivity index (χ2n) is 10.6. The molecule has 4 rings (SSSR count). The second-order valence-corrected chi connectivity index (χ2v) is 10.6. The van der Waals surface area contributed by atoms with Crippen LogP contribution in [0.15, 0.2) is 48.5 Å². The van der Waals surface area contributed by atoms with E-state index >= 15 is 0 Å². The predicted octanol–water partition coefficient (Wildman–Crippen LogP) is 4.80. The summed E-state index contributed by atoms with van der Waals surface area (Å²) in [5.74, 6) is -1.07. The lowest BCUT2D eigenvalue weighted by Crippen LogP contribution is -2.48. The van der Waals surface area contributed by atoms with E-state index in [4.69, 9.17) is 9.84 Å². The average molecular weight is 479 g/mol. The quantitative estimate of drug-likeness (QED) is 0.596. The summed E-state index contributed by atoms with van der Waals surface area (Å²) in [7, 11) is 0. The van der Waals surface area contributed by atoms with Gasteiger partial charge >= 0.3 is 12.1 Å². The zero-order valence-corrected chi connectivity index (χ0v) is 20.6. The van der Waals surface area contributed by atoms with Crippen LogP contribution in [0.3, 0.4) is 0 Å². The standard InChI is InChI=1S/C28H34N2O5/c1-28(2,3)24(16-25(31)30-14-8-9-18(30)15-26(32)33)29-27(34)35-17-23-21-12-6-4-10-19(21)20-11-5-7-13-22(20)23/h4-7,10-13,18,23-24H,8-9,14-17H2,1-3H3,(H,29,34)(H,32,33)/t18-,24?/m0/s1. The molecule has 1 aliphatic heterocycles. The Balaban J connectivity index is 1.40. The fraction of sp³-hybridized carbons (Fsp3) is 0.464. The lowest BCUT2D eigenvalue weighted by molar-refractivity contribution is -0.140. The van der Waals surface area contributed by atoms with E-state index in [2.05, 4.69) is 29.6 Å². The topological polar surface area (TPSA) is 95.9 Å². The summed E-state index contributed by atoms with van der Waals surface area (Å²) in [6, 6.07) is 15.6. The van der Waals surface area contributed by atoms with Crippen molar-refractivity contribution in [1.29, 1.82) is 0 Å². The van der Waals surface area contributed by atoms with Gasteiger partial charge in [0.2, 0.25) is 5.91 Å². The van der Waals surface area contributed by atoms with E-state index in [1.54, 1.807) is 4.90 Å². The predicted molar refractivity (Wildman–Crippen MR) is 133 cm³/mol. The van der Waals surface area contributed by atoms with Gasteiger partial charge in [-0.3, -0.25) is 9.59 Å². The monoisotopic (exact) mass is 478 g/mol. The highest BCUT2D eigenvalue weighted by molar-refractivity contribution is 5.80. The Hall–Kier alpha value is -3.35. The van der Waals surface area contributed by atoms with Gasteiger partial charge in [-0.25, -0.2) is 4.79 Å². The smallest absolute Gasteiger partial charge is 0.407 e. The molecule has 7 nitrogen and oxygen atoms in total. The minimum atomic E-state index is -0.904. The third-order valence-corrected chi connectivity index (χ3v) is 7.17. The van der Waals surface area contributed by atoms with E-state index in [9.17, 15) is 14.4 Å². The largest absolute Gasteiger partial charge is 0.481 e. The maximum atomic E-state index is 13.1. The van der Waals surface area contributed by atoms with Gasteiger partial charge in [0.15, 0.2) is 0 Å². The normalized spacial score (nSPS) is 18.0. The van der Waals surface area contributed by atoms with Crippen molar-refractivity contribution in [2.24, 2.45) is 5.41 Å². The molecule has 0 saturated carbocycles. The van der Waals surface area contributed by atoms with Crippen molar-refractivity contribution in [2.45, 2.75) is 64.5 Å². The number of carbonyl (C=O) groups is 3. The van der Waals surface area contributed by atoms with Crippen molar-refractivity contribution in [3.63, 3.8) is 0 Å². The van der Waals surface area contributed by atoms with Gasteiger partial charge < -0.3 is 20.1 Å². The summed E-state index contributed by atoms with van der Waals surface area (Å²) in [6.45, 7) is 6.66. The van der Waals surface area contributed by atoms with Crippen LogP contribution in [0.1, 0.15) is 63.5 Å². The molecule has 2 N–H and O–H groups in total. The number of nitrogens with zero attached hydrogens (tertiary/aromatic N) is 1. The highest BCUT2D eigenvalue weighted by Crippen LogP contribution is 2.44. The van der Waals surface area contributed by atoms with Gasteiger partial charge in [0.1, 0.15) is 6.61 Å². The number of carboxylic acids is 1. The van der Waals surface area contributed by atoms with Gasteiger partial charge in [0.05, 0.1) is 6.42 Å². The molecule has 7 heteroatoms. The third kappa shape index (κ3) is 5.50. The highest BCUT2D eigenvalue weighted by atomic mass is 16.5. The van der Waals surface area contributed by atoms with Crippen molar-refractivity contribution in [2.75, 3.05) is 13.2 Å². The zero-order valence-electron chi connectivity index (χ0n) is 20.6. The minimum absolute atomic E-state index is 0.0377. The summed E-state index contributed by atoms with van der Waals surface area (Å²) in [6.07, 6.45) is 0.986. The van der Waals surface area contributed by atoms with Crippen LogP contribution in [0.5, 0.6) is 0 Å². The van der Waals surface area contributed by atoms with E-state index in [1.165, 1.54) is 0 Å². The van der Waals surface area contributed by atoms with E-state index in [0.717, 1.165) is 28.7 Å². The van der Waals surface area contributed by atoms with Crippen LogP contribution in [-0.4, -0.2) is 53.2 Å². The van der Waals surface area contributed by atoms with Gasteiger partial charge in [-0.05, 0) is 40.5 Å². The van der Waals surface area contributed by atoms with E-state index < -0.39 is 18.1 Å². The number of hydrogen-bond acceptors (Lipinski definition) is 4. The molecule has 2 aliphatic rings. The van der Waals surface area contributed by atoms with Gasteiger partial charge in [-0.1, -0.05) is 69.3 Å². The van der Waals surface area contributed by atoms with Crippen LogP contribution in [0.25, 0.3) is 11.1 Å². The van der Waals surface area contributed by atoms with Gasteiger partial charge in [0.25, 0.3) is 0 Å². The molecule has 1 fully saturated rings. The first-order valence-corrected chi connectivity index (χ1v) is 12.3. The molecule has 1 unspecified atom stereocenters. The Morgan fingerprint density at radius 1 is 1.06 bits per heavy atom. The molecular weight excluding hydrogens is 444 g/mol. The molecule has 2 aromatic carbocycles. The Bertz CT molecular complexity index is 1060. The van der Waals surface area contributed by atoms with E-state index in [0.29, 0.717) is 13.0 Å². The van der Waals surface area contributed by atoms with E-state index in [-0.39, 0.29) is 42.7 Å². The van der Waals surface area contributed by atoms with Crippen molar-refractivity contribution < 1.29 is 24.2 Å². The molecular formula is C28H34N2O5. The fourth-order valence-corrected chi connectivity index (χ4v) is 5.23. The van der Waals surface area contributed by atoms with Crippen molar-refractivity contribution in [3.8, 4) is 11.1 Å². The molecule has 186 valence electrons. The number of carbonyl (C=O) groups excluding carboxylic acids is 2. The molecule has 1 aliphatic carbocycles. The van der Waals surface area contributed by atoms with Crippen LogP contribution in [0.2, 0.25) is 0 Å². The number of hydrogen-bond donors (Lipinski definition) is 2. The summed E-state index contributed by atoms with van der Waals surface area (Å²) in [5, 5.41) is 12.1. The van der Waals surface area contributed by atoms with Crippen molar-refractivity contribution in [1.82, 2.24) is 10.2 Å². The summed E-state index contributed by atoms with van der Waals surface area (Å²) < 4.78 is 5.69. The van der Waals surface area contributed by atoms with Crippen LogP contribution in [0.4, 0.5) is 4.79 Å². The maximum Gasteiger partial charge on any atom is 0.407 e. The minimum Gasteiger partial charge on any atom is -0.481 e. The molecule has 35 heavy (non-hydrogen) atoms. The number of likely N-dealkylation sites (tertiary alicyclic amines) is 1. The molecule has 0 spiro atoms. The third-order valence-electron chi connectivity index (χ3n) is 7.17. The Morgan fingerprint density at radius 3 is 2.23 bits per heavy atom. The first-order valence-electron chi connectivity index (χ1n) is 12.3. The number of carboxylic acid groups (broad SMARTS) is 1. The lowest BCUT2D eigenvalue weighted by Gasteiger charge is -2.33. The molecule has 2 amide bonds. The van der Waals surface area contributed by atoms with Gasteiger partial charge in [0, 0.05) is 31.0 Å². The first kappa shape index (κ1) is 24.8. The fourth-order valence-electron chi connectivity index (χ4n) is 5.23. The van der Waals surface area contributed by atoms with Crippen LogP contribution in [-0.2, 0) is 14.3 Å². The zero-order chi connectivity index (χ0) is 25.2. The summed E-state index contributed by atoms with van der Waals surface area (Å²) >= 11 is 0. The molecule has 1 heterocycles. The molecule has 0 bridgehead atoms. The SMILES string of the molecule is CC(C)(C)C(CC(=O)N1CCC[C@H]1CC(=O)O)NC(=O)OCC1c2ccccc2-c2ccccc21. The van der Waals surface area contributed by atoms with Crippen molar-refractivity contribution in [3.05, 3.63) is 59.7 Å². The number of rotatable bonds is 7. The summed E-state index contributed by atoms with van der Waals surface area (Å²) in [4.78, 5) is 38.7. The maximum absolute atomic E-state index is 13.1. The number of amides is 2. The number of fused-ring (bicyclic) bond motifs is 3. The molecule has 2 aromatic rings. The summed E-state index contributed by atoms with van der Waals surface area (Å²) in [5.41, 5.74) is 4.22. The Morgan fingerprint density at radius 2 is 1.66 bits per heavy atom. The number of benzene rings is 2. The first-order chi connectivity index (χ1) is 16.6. The second kappa shape index (κ2) is 10.1. The molecule has 1 saturated heterocycles.